The molecule has 0 aromatic heterocycles. The Kier molecular flexibility index (Phi) is 11.6. The van der Waals surface area contributed by atoms with Crippen molar-refractivity contribution in [1.82, 2.24) is 0 Å². The zero-order chi connectivity index (χ0) is 39.9. The number of benzene rings is 6. The molecular formula is C56H51N. The van der Waals surface area contributed by atoms with Crippen LogP contribution in [-0.2, 0) is 11.8 Å². The van der Waals surface area contributed by atoms with Gasteiger partial charge >= 0.3 is 0 Å². The number of allylic oxidation sites excluding steroid dienone is 7. The Morgan fingerprint density at radius 2 is 1.26 bits per heavy atom. The van der Waals surface area contributed by atoms with Gasteiger partial charge in [0.15, 0.2) is 0 Å². The van der Waals surface area contributed by atoms with Crippen molar-refractivity contribution >= 4 is 33.7 Å². The summed E-state index contributed by atoms with van der Waals surface area (Å²) < 4.78 is 0. The lowest BCUT2D eigenvalue weighted by molar-refractivity contribution is 0.749. The fourth-order valence-electron chi connectivity index (χ4n) is 9.00. The molecule has 1 atom stereocenters. The molecule has 1 spiro atoms. The number of nitrogens with zero attached hydrogens (tertiary/aromatic N) is 1. The predicted molar refractivity (Wildman–Crippen MR) is 247 cm³/mol. The van der Waals surface area contributed by atoms with Gasteiger partial charge in [-0.25, -0.2) is 0 Å². The summed E-state index contributed by atoms with van der Waals surface area (Å²) >= 11 is 0. The second-order valence-corrected chi connectivity index (χ2v) is 14.6. The first-order chi connectivity index (χ1) is 28.0. The van der Waals surface area contributed by atoms with Crippen LogP contribution in [0.25, 0.3) is 28.0 Å². The minimum atomic E-state index is -0.389. The first-order valence-electron chi connectivity index (χ1n) is 20.0. The zero-order valence-corrected chi connectivity index (χ0v) is 33.6. The van der Waals surface area contributed by atoms with E-state index < -0.39 is 0 Å². The topological polar surface area (TPSA) is 12.4 Å². The molecule has 0 N–H and O–H groups in total. The van der Waals surface area contributed by atoms with E-state index in [4.69, 9.17) is 4.99 Å². The van der Waals surface area contributed by atoms with Gasteiger partial charge in [0, 0.05) is 5.71 Å². The van der Waals surface area contributed by atoms with Gasteiger partial charge in [-0.2, -0.15) is 0 Å². The van der Waals surface area contributed by atoms with Crippen LogP contribution < -0.4 is 0 Å². The van der Waals surface area contributed by atoms with E-state index in [0.29, 0.717) is 0 Å². The third-order valence-electron chi connectivity index (χ3n) is 11.5. The molecule has 1 nitrogen and oxygen atoms in total. The summed E-state index contributed by atoms with van der Waals surface area (Å²) in [6.45, 7) is 21.1. The van der Waals surface area contributed by atoms with Gasteiger partial charge in [-0.15, -0.1) is 13.2 Å². The molecular weight excluding hydrogens is 687 g/mol. The van der Waals surface area contributed by atoms with E-state index in [1.54, 1.807) is 0 Å². The maximum atomic E-state index is 4.93. The SMILES string of the molecule is C=C.C=CC1=C(c2ccccc2C)C2(C3=C(C(c4cccc(C(C)=NC(=C)c5ccccc5)c4)=CCC3)c3ccccc32)c2ccccc21.CCc1ccccc1. The second-order valence-electron chi connectivity index (χ2n) is 14.6. The zero-order valence-electron chi connectivity index (χ0n) is 33.6. The number of aryl methyl sites for hydroxylation is 2. The Bertz CT molecular complexity index is 2580. The van der Waals surface area contributed by atoms with Gasteiger partial charge in [-0.1, -0.05) is 184 Å². The molecule has 0 radical (unpaired) electrons. The van der Waals surface area contributed by atoms with Crippen molar-refractivity contribution in [3.63, 3.8) is 0 Å². The minimum Gasteiger partial charge on any atom is -0.253 e. The number of aliphatic imine (C=N–C) groups is 1. The molecule has 0 aliphatic heterocycles. The first-order valence-corrected chi connectivity index (χ1v) is 20.0. The molecule has 6 aromatic rings. The average Bonchev–Trinajstić information content (AvgIpc) is 3.75. The normalized spacial score (nSPS) is 16.3. The van der Waals surface area contributed by atoms with E-state index in [1.807, 2.05) is 24.3 Å². The highest BCUT2D eigenvalue weighted by Gasteiger charge is 2.54. The maximum absolute atomic E-state index is 4.93. The lowest BCUT2D eigenvalue weighted by Gasteiger charge is -2.36. The van der Waals surface area contributed by atoms with Crippen LogP contribution in [0.1, 0.15) is 82.3 Å². The molecule has 0 saturated heterocycles. The summed E-state index contributed by atoms with van der Waals surface area (Å²) in [6, 6.07) is 56.5. The van der Waals surface area contributed by atoms with Crippen LogP contribution in [0.4, 0.5) is 0 Å². The van der Waals surface area contributed by atoms with Crippen molar-refractivity contribution < 1.29 is 0 Å². The Morgan fingerprint density at radius 3 is 1.91 bits per heavy atom. The van der Waals surface area contributed by atoms with Crippen molar-refractivity contribution in [1.29, 1.82) is 0 Å². The van der Waals surface area contributed by atoms with Gasteiger partial charge in [0.25, 0.3) is 0 Å². The van der Waals surface area contributed by atoms with Crippen LogP contribution in [0.3, 0.4) is 0 Å². The van der Waals surface area contributed by atoms with Gasteiger partial charge in [0.1, 0.15) is 0 Å². The van der Waals surface area contributed by atoms with Gasteiger partial charge in [0.2, 0.25) is 0 Å². The van der Waals surface area contributed by atoms with Gasteiger partial charge in [-0.3, -0.25) is 4.99 Å². The summed E-state index contributed by atoms with van der Waals surface area (Å²) in [5.41, 5.74) is 20.8. The monoisotopic (exact) mass is 737 g/mol. The largest absolute Gasteiger partial charge is 0.253 e. The van der Waals surface area contributed by atoms with Crippen molar-refractivity contribution in [2.24, 2.45) is 4.99 Å². The molecule has 3 aliphatic rings. The second kappa shape index (κ2) is 17.1. The quantitative estimate of drug-likeness (QED) is 0.114. The summed E-state index contributed by atoms with van der Waals surface area (Å²) in [5, 5.41) is 0. The molecule has 0 saturated carbocycles. The molecule has 57 heavy (non-hydrogen) atoms. The van der Waals surface area contributed by atoms with E-state index in [-0.39, 0.29) is 5.41 Å². The number of hydrogen-bond acceptors (Lipinski definition) is 1. The van der Waals surface area contributed by atoms with Gasteiger partial charge < -0.3 is 0 Å². The Morgan fingerprint density at radius 1 is 0.684 bits per heavy atom. The number of rotatable bonds is 7. The van der Waals surface area contributed by atoms with Crippen molar-refractivity contribution in [3.8, 4) is 0 Å². The highest BCUT2D eigenvalue weighted by atomic mass is 14.8. The standard InChI is InChI=1S/C46H37N.C8H10.C2H4/c1-5-36-39-23-11-13-26-41(39)46(45(36)37-22-10-9-17-30(37)2)42-27-14-12-24-40(42)44-38(25-16-28-43(44)46)35-21-15-20-34(29-35)32(4)47-31(3)33-18-7-6-8-19-33;1-2-8-6-4-3-5-7-8;1-2/h5-15,17-27,29H,1,3,16,28H2,2,4H3;3-7H,2H2,1H3;1-2H2. The van der Waals surface area contributed by atoms with E-state index >= 15 is 0 Å². The van der Waals surface area contributed by atoms with Crippen LogP contribution in [0.5, 0.6) is 0 Å². The maximum Gasteiger partial charge on any atom is 0.0694 e. The molecule has 0 fully saturated rings. The molecule has 0 amide bonds. The van der Waals surface area contributed by atoms with Gasteiger partial charge in [0.05, 0.1) is 11.1 Å². The summed E-state index contributed by atoms with van der Waals surface area (Å²) in [6.07, 6.45) is 7.67. The van der Waals surface area contributed by atoms with Crippen molar-refractivity contribution in [3.05, 3.63) is 257 Å². The van der Waals surface area contributed by atoms with E-state index in [0.717, 1.165) is 41.8 Å². The summed E-state index contributed by atoms with van der Waals surface area (Å²) in [7, 11) is 0. The highest BCUT2D eigenvalue weighted by Crippen LogP contribution is 2.67. The number of fused-ring (bicyclic) bond motifs is 6. The summed E-state index contributed by atoms with van der Waals surface area (Å²) in [5.74, 6) is 0. The Balaban J connectivity index is 0.000000440. The molecule has 1 unspecified atom stereocenters. The molecule has 1 heteroatoms. The van der Waals surface area contributed by atoms with Crippen molar-refractivity contribution in [2.45, 2.75) is 45.4 Å². The summed E-state index contributed by atoms with van der Waals surface area (Å²) in [4.78, 5) is 4.93. The molecule has 3 aliphatic carbocycles. The minimum absolute atomic E-state index is 0.389. The molecule has 280 valence electrons. The Hall–Kier alpha value is -6.57. The Labute approximate surface area is 340 Å². The van der Waals surface area contributed by atoms with Crippen LogP contribution in [0.15, 0.2) is 207 Å². The van der Waals surface area contributed by atoms with E-state index in [2.05, 4.69) is 193 Å². The van der Waals surface area contributed by atoms with E-state index in [9.17, 15) is 0 Å². The lowest BCUT2D eigenvalue weighted by Crippen LogP contribution is -2.29. The van der Waals surface area contributed by atoms with Crippen molar-refractivity contribution in [2.75, 3.05) is 0 Å². The molecule has 0 heterocycles. The third kappa shape index (κ3) is 6.96. The first kappa shape index (κ1) is 38.7. The van der Waals surface area contributed by atoms with Gasteiger partial charge in [-0.05, 0) is 123 Å². The molecule has 0 bridgehead atoms. The highest BCUT2D eigenvalue weighted by molar-refractivity contribution is 6.18. The third-order valence-corrected chi connectivity index (χ3v) is 11.5. The van der Waals surface area contributed by atoms with Crippen LogP contribution in [0.2, 0.25) is 0 Å². The predicted octanol–water partition coefficient (Wildman–Crippen LogP) is 14.6. The fourth-order valence-corrected chi connectivity index (χ4v) is 9.00. The average molecular weight is 738 g/mol. The van der Waals surface area contributed by atoms with Crippen LogP contribution in [0, 0.1) is 6.92 Å². The number of hydrogen-bond donors (Lipinski definition) is 0. The van der Waals surface area contributed by atoms with Crippen LogP contribution in [-0.4, -0.2) is 5.71 Å². The van der Waals surface area contributed by atoms with Crippen LogP contribution >= 0.6 is 0 Å². The molecule has 9 rings (SSSR count). The smallest absolute Gasteiger partial charge is 0.0694 e. The fraction of sp³-hybridized carbons (Fsp3) is 0.125. The lowest BCUT2D eigenvalue weighted by atomic mass is 9.65. The van der Waals surface area contributed by atoms with E-state index in [1.165, 1.54) is 72.4 Å². The molecule has 6 aromatic carbocycles.